The zero-order valence-corrected chi connectivity index (χ0v) is 7.40. The van der Waals surface area contributed by atoms with Gasteiger partial charge in [0.05, 0.1) is 0 Å². The van der Waals surface area contributed by atoms with E-state index in [1.807, 2.05) is 31.2 Å². The van der Waals surface area contributed by atoms with Gasteiger partial charge in [0.15, 0.2) is 0 Å². The van der Waals surface area contributed by atoms with E-state index in [9.17, 15) is 4.55 Å². The Balaban J connectivity index is 3.20. The van der Waals surface area contributed by atoms with E-state index < -0.39 is 9.49 Å². The van der Waals surface area contributed by atoms with Gasteiger partial charge in [-0.15, -0.1) is 0 Å². The molecule has 0 unspecified atom stereocenters. The molecule has 0 aliphatic rings. The molecule has 1 aromatic rings. The van der Waals surface area contributed by atoms with Crippen molar-refractivity contribution in [1.82, 2.24) is 0 Å². The van der Waals surface area contributed by atoms with Crippen LogP contribution in [0.5, 0.6) is 0 Å². The second-order valence-corrected chi connectivity index (χ2v) is 4.81. The maximum Gasteiger partial charge on any atom is 0.0190 e. The standard InChI is InChI=1S/C9H12OS/c1-8-4-6-9(7-5-8)11(2,3)10/h4-7,10H,2-3H2,1H3. The quantitative estimate of drug-likeness (QED) is 0.639. The minimum atomic E-state index is -2.02. The average Bonchev–Trinajstić information content (AvgIpc) is 1.86. The Morgan fingerprint density at radius 3 is 2.00 bits per heavy atom. The first kappa shape index (κ1) is 8.37. The molecule has 0 atom stereocenters. The van der Waals surface area contributed by atoms with Gasteiger partial charge in [0.1, 0.15) is 0 Å². The normalized spacial score (nSPS) is 11.5. The molecule has 1 aromatic carbocycles. The highest BCUT2D eigenvalue weighted by atomic mass is 32.2. The summed E-state index contributed by atoms with van der Waals surface area (Å²) in [6.07, 6.45) is 0. The largest absolute Gasteiger partial charge is 0.341 e. The fourth-order valence-corrected chi connectivity index (χ4v) is 1.43. The van der Waals surface area contributed by atoms with Crippen LogP contribution in [0.25, 0.3) is 0 Å². The highest BCUT2D eigenvalue weighted by Gasteiger charge is 1.94. The maximum atomic E-state index is 9.44. The summed E-state index contributed by atoms with van der Waals surface area (Å²) in [6.45, 7) is 2.00. The maximum absolute atomic E-state index is 9.44. The van der Waals surface area contributed by atoms with E-state index in [-0.39, 0.29) is 0 Å². The first-order chi connectivity index (χ1) is 5.00. The van der Waals surface area contributed by atoms with Crippen LogP contribution < -0.4 is 0 Å². The van der Waals surface area contributed by atoms with Gasteiger partial charge in [-0.2, -0.15) is 0 Å². The zero-order valence-electron chi connectivity index (χ0n) is 6.58. The van der Waals surface area contributed by atoms with Crippen molar-refractivity contribution in [2.24, 2.45) is 0 Å². The molecule has 0 bridgehead atoms. The van der Waals surface area contributed by atoms with Crippen molar-refractivity contribution in [3.05, 3.63) is 29.8 Å². The van der Waals surface area contributed by atoms with Crippen LogP contribution >= 0.6 is 9.49 Å². The lowest BCUT2D eigenvalue weighted by molar-refractivity contribution is 0.658. The molecule has 0 fully saturated rings. The van der Waals surface area contributed by atoms with Crippen molar-refractivity contribution in [3.63, 3.8) is 0 Å². The smallest absolute Gasteiger partial charge is 0.0190 e. The lowest BCUT2D eigenvalue weighted by Crippen LogP contribution is -1.78. The second-order valence-electron chi connectivity index (χ2n) is 2.66. The summed E-state index contributed by atoms with van der Waals surface area (Å²) < 4.78 is 9.44. The average molecular weight is 168 g/mol. The molecule has 1 N–H and O–H groups in total. The van der Waals surface area contributed by atoms with Crippen LogP contribution in [0.3, 0.4) is 0 Å². The van der Waals surface area contributed by atoms with Crippen molar-refractivity contribution in [2.75, 3.05) is 0 Å². The lowest BCUT2D eigenvalue weighted by Gasteiger charge is -2.05. The van der Waals surface area contributed by atoms with E-state index in [4.69, 9.17) is 0 Å². The van der Waals surface area contributed by atoms with Crippen LogP contribution in [-0.2, 0) is 0 Å². The Hall–Kier alpha value is -0.730. The van der Waals surface area contributed by atoms with Crippen LogP contribution in [0.15, 0.2) is 29.2 Å². The summed E-state index contributed by atoms with van der Waals surface area (Å²) in [5.41, 5.74) is 1.18. The molecule has 11 heavy (non-hydrogen) atoms. The van der Waals surface area contributed by atoms with Crippen molar-refractivity contribution < 1.29 is 4.55 Å². The monoisotopic (exact) mass is 168 g/mol. The fraction of sp³-hybridized carbons (Fsp3) is 0.111. The SMILES string of the molecule is C=S(=C)(O)c1ccc(C)cc1. The first-order valence-corrected chi connectivity index (χ1v) is 5.21. The number of benzene rings is 1. The number of hydrogen-bond acceptors (Lipinski definition) is 1. The molecule has 2 heteroatoms. The Kier molecular flexibility index (Phi) is 2.07. The van der Waals surface area contributed by atoms with Gasteiger partial charge < -0.3 is 4.55 Å². The summed E-state index contributed by atoms with van der Waals surface area (Å²) in [4.78, 5) is 0.822. The molecule has 0 spiro atoms. The molecular formula is C9H12OS. The minimum absolute atomic E-state index is 0.822. The van der Waals surface area contributed by atoms with Gasteiger partial charge in [0.2, 0.25) is 0 Å². The third kappa shape index (κ3) is 2.10. The van der Waals surface area contributed by atoms with E-state index >= 15 is 0 Å². The van der Waals surface area contributed by atoms with E-state index in [1.165, 1.54) is 5.56 Å². The molecule has 1 nitrogen and oxygen atoms in total. The molecule has 0 saturated carbocycles. The highest BCUT2D eigenvalue weighted by Crippen LogP contribution is 2.26. The number of hydrogen-bond donors (Lipinski definition) is 1. The number of rotatable bonds is 1. The second kappa shape index (κ2) is 2.72. The van der Waals surface area contributed by atoms with Gasteiger partial charge in [0.25, 0.3) is 0 Å². The molecule has 0 radical (unpaired) electrons. The van der Waals surface area contributed by atoms with Crippen molar-refractivity contribution in [1.29, 1.82) is 0 Å². The van der Waals surface area contributed by atoms with Crippen LogP contribution in [-0.4, -0.2) is 16.3 Å². The topological polar surface area (TPSA) is 20.2 Å². The molecule has 0 aromatic heterocycles. The minimum Gasteiger partial charge on any atom is -0.341 e. The molecule has 0 aliphatic carbocycles. The van der Waals surface area contributed by atoms with E-state index in [0.717, 1.165) is 4.90 Å². The molecule has 60 valence electrons. The molecule has 0 aliphatic heterocycles. The van der Waals surface area contributed by atoms with E-state index in [0.29, 0.717) is 0 Å². The Morgan fingerprint density at radius 2 is 1.64 bits per heavy atom. The van der Waals surface area contributed by atoms with E-state index in [2.05, 4.69) is 11.7 Å². The summed E-state index contributed by atoms with van der Waals surface area (Å²) in [5, 5.41) is 0. The van der Waals surface area contributed by atoms with Crippen molar-refractivity contribution in [2.45, 2.75) is 11.8 Å². The van der Waals surface area contributed by atoms with Gasteiger partial charge in [-0.25, -0.2) is 0 Å². The predicted molar refractivity (Wildman–Crippen MR) is 53.9 cm³/mol. The van der Waals surface area contributed by atoms with Crippen LogP contribution in [0, 0.1) is 6.92 Å². The van der Waals surface area contributed by atoms with Crippen molar-refractivity contribution in [3.8, 4) is 0 Å². The fourth-order valence-electron chi connectivity index (χ4n) is 0.792. The van der Waals surface area contributed by atoms with Crippen LogP contribution in [0.2, 0.25) is 0 Å². The molecule has 0 amide bonds. The Bertz CT molecular complexity index is 332. The Labute approximate surface area is 68.0 Å². The summed E-state index contributed by atoms with van der Waals surface area (Å²) in [5.74, 6) is 7.20. The van der Waals surface area contributed by atoms with Gasteiger partial charge >= 0.3 is 0 Å². The Morgan fingerprint density at radius 1 is 1.18 bits per heavy atom. The first-order valence-electron chi connectivity index (χ1n) is 3.29. The molecular weight excluding hydrogens is 156 g/mol. The summed E-state index contributed by atoms with van der Waals surface area (Å²) in [6, 6.07) is 7.63. The third-order valence-electron chi connectivity index (χ3n) is 1.46. The molecule has 0 saturated heterocycles. The van der Waals surface area contributed by atoms with Crippen molar-refractivity contribution >= 4 is 21.2 Å². The molecule has 0 heterocycles. The van der Waals surface area contributed by atoms with Gasteiger partial charge in [-0.1, -0.05) is 38.9 Å². The van der Waals surface area contributed by atoms with Crippen LogP contribution in [0.4, 0.5) is 0 Å². The zero-order chi connectivity index (χ0) is 8.48. The highest BCUT2D eigenvalue weighted by molar-refractivity contribution is 8.23. The molecule has 1 rings (SSSR count). The third-order valence-corrected chi connectivity index (χ3v) is 2.61. The van der Waals surface area contributed by atoms with Gasteiger partial charge in [-0.05, 0) is 19.1 Å². The number of aryl methyl sites for hydroxylation is 1. The van der Waals surface area contributed by atoms with Gasteiger partial charge in [0, 0.05) is 4.90 Å². The summed E-state index contributed by atoms with van der Waals surface area (Å²) in [7, 11) is -2.02. The van der Waals surface area contributed by atoms with Gasteiger partial charge in [-0.3, -0.25) is 0 Å². The summed E-state index contributed by atoms with van der Waals surface area (Å²) >= 11 is 0. The lowest BCUT2D eigenvalue weighted by atomic mass is 10.2. The van der Waals surface area contributed by atoms with Crippen LogP contribution in [0.1, 0.15) is 5.56 Å². The van der Waals surface area contributed by atoms with E-state index in [1.54, 1.807) is 0 Å². The predicted octanol–water partition coefficient (Wildman–Crippen LogP) is 2.50.